The zero-order valence-corrected chi connectivity index (χ0v) is 12.2. The molecular formula is C18H16FNO2. The van der Waals surface area contributed by atoms with Crippen molar-refractivity contribution in [1.29, 1.82) is 0 Å². The third-order valence-electron chi connectivity index (χ3n) is 3.51. The molecule has 0 saturated heterocycles. The van der Waals surface area contributed by atoms with Gasteiger partial charge in [-0.1, -0.05) is 36.4 Å². The monoisotopic (exact) mass is 297 g/mol. The summed E-state index contributed by atoms with van der Waals surface area (Å²) in [6, 6.07) is 16.5. The summed E-state index contributed by atoms with van der Waals surface area (Å²) < 4.78 is 24.9. The molecule has 3 aromatic carbocycles. The van der Waals surface area contributed by atoms with Crippen LogP contribution in [0.15, 0.2) is 54.6 Å². The second-order valence-corrected chi connectivity index (χ2v) is 4.97. The highest BCUT2D eigenvalue weighted by Gasteiger charge is 2.11. The van der Waals surface area contributed by atoms with Crippen molar-refractivity contribution in [3.63, 3.8) is 0 Å². The highest BCUT2D eigenvalue weighted by Crippen LogP contribution is 2.33. The van der Waals surface area contributed by atoms with Crippen molar-refractivity contribution < 1.29 is 13.9 Å². The van der Waals surface area contributed by atoms with Gasteiger partial charge in [0.2, 0.25) is 0 Å². The molecule has 0 amide bonds. The number of halogens is 1. The van der Waals surface area contributed by atoms with E-state index in [0.717, 1.165) is 10.9 Å². The number of hydrogen-bond donors (Lipinski definition) is 1. The van der Waals surface area contributed by atoms with Gasteiger partial charge in [0.25, 0.3) is 0 Å². The van der Waals surface area contributed by atoms with E-state index < -0.39 is 5.82 Å². The Morgan fingerprint density at radius 1 is 1.00 bits per heavy atom. The summed E-state index contributed by atoms with van der Waals surface area (Å²) in [4.78, 5) is 0. The minimum atomic E-state index is -0.415. The number of methoxy groups -OCH3 is 1. The molecule has 0 radical (unpaired) electrons. The second kappa shape index (κ2) is 5.93. The maximum absolute atomic E-state index is 14.2. The number of rotatable bonds is 4. The highest BCUT2D eigenvalue weighted by atomic mass is 19.1. The van der Waals surface area contributed by atoms with Gasteiger partial charge < -0.3 is 15.2 Å². The van der Waals surface area contributed by atoms with Crippen molar-refractivity contribution in [2.24, 2.45) is 0 Å². The molecule has 22 heavy (non-hydrogen) atoms. The minimum Gasteiger partial charge on any atom is -0.494 e. The van der Waals surface area contributed by atoms with Crippen LogP contribution in [0.3, 0.4) is 0 Å². The molecule has 0 spiro atoms. The predicted octanol–water partition coefficient (Wildman–Crippen LogP) is 4.15. The highest BCUT2D eigenvalue weighted by molar-refractivity contribution is 5.89. The molecule has 0 aliphatic carbocycles. The van der Waals surface area contributed by atoms with Gasteiger partial charge in [-0.3, -0.25) is 0 Å². The average molecular weight is 297 g/mol. The van der Waals surface area contributed by atoms with Crippen molar-refractivity contribution in [3.8, 4) is 11.5 Å². The van der Waals surface area contributed by atoms with Gasteiger partial charge in [-0.15, -0.1) is 0 Å². The first-order valence-corrected chi connectivity index (χ1v) is 6.91. The molecule has 0 saturated carbocycles. The molecular weight excluding hydrogens is 281 g/mol. The Kier molecular flexibility index (Phi) is 3.83. The van der Waals surface area contributed by atoms with E-state index in [1.807, 2.05) is 30.3 Å². The molecule has 0 atom stereocenters. The third kappa shape index (κ3) is 2.68. The first-order chi connectivity index (χ1) is 10.7. The minimum absolute atomic E-state index is 0.199. The zero-order valence-electron chi connectivity index (χ0n) is 12.2. The van der Waals surface area contributed by atoms with Gasteiger partial charge in [0, 0.05) is 5.39 Å². The molecule has 0 heterocycles. The summed E-state index contributed by atoms with van der Waals surface area (Å²) in [5, 5.41) is 1.14. The van der Waals surface area contributed by atoms with Crippen molar-refractivity contribution in [3.05, 3.63) is 66.0 Å². The molecule has 3 rings (SSSR count). The number of hydrogen-bond acceptors (Lipinski definition) is 3. The fourth-order valence-electron chi connectivity index (χ4n) is 2.33. The van der Waals surface area contributed by atoms with Gasteiger partial charge in [-0.05, 0) is 29.1 Å². The van der Waals surface area contributed by atoms with Gasteiger partial charge >= 0.3 is 0 Å². The van der Waals surface area contributed by atoms with Crippen LogP contribution in [-0.2, 0) is 6.61 Å². The summed E-state index contributed by atoms with van der Waals surface area (Å²) in [6.45, 7) is 0.412. The van der Waals surface area contributed by atoms with Gasteiger partial charge in [-0.25, -0.2) is 4.39 Å². The smallest absolute Gasteiger partial charge is 0.172 e. The molecule has 0 aliphatic heterocycles. The molecule has 3 nitrogen and oxygen atoms in total. The van der Waals surface area contributed by atoms with Crippen LogP contribution in [0.25, 0.3) is 10.8 Å². The molecule has 112 valence electrons. The Labute approximate surface area is 128 Å². The number of benzene rings is 3. The van der Waals surface area contributed by atoms with Crippen molar-refractivity contribution in [1.82, 2.24) is 0 Å². The number of anilines is 1. The van der Waals surface area contributed by atoms with Crippen molar-refractivity contribution >= 4 is 16.5 Å². The Hall–Kier alpha value is -2.75. The Morgan fingerprint density at radius 3 is 2.50 bits per heavy atom. The number of nitrogen functional groups attached to an aromatic ring is 1. The lowest BCUT2D eigenvalue weighted by molar-refractivity contribution is 0.308. The molecule has 0 bridgehead atoms. The van der Waals surface area contributed by atoms with Crippen molar-refractivity contribution in [2.75, 3.05) is 12.8 Å². The Bertz CT molecular complexity index is 803. The van der Waals surface area contributed by atoms with E-state index in [2.05, 4.69) is 0 Å². The Morgan fingerprint density at radius 2 is 1.77 bits per heavy atom. The molecule has 3 aromatic rings. The Balaban J connectivity index is 1.93. The van der Waals surface area contributed by atoms with E-state index in [9.17, 15) is 4.39 Å². The fraction of sp³-hybridized carbons (Fsp3) is 0.111. The first-order valence-electron chi connectivity index (χ1n) is 6.91. The van der Waals surface area contributed by atoms with Crippen LogP contribution in [0.1, 0.15) is 5.56 Å². The van der Waals surface area contributed by atoms with E-state index in [-0.39, 0.29) is 5.75 Å². The third-order valence-corrected chi connectivity index (χ3v) is 3.51. The van der Waals surface area contributed by atoms with Crippen LogP contribution in [0.2, 0.25) is 0 Å². The summed E-state index contributed by atoms with van der Waals surface area (Å²) in [6.07, 6.45) is 0. The number of fused-ring (bicyclic) bond motifs is 1. The maximum atomic E-state index is 14.2. The molecule has 0 aliphatic rings. The summed E-state index contributed by atoms with van der Waals surface area (Å²) in [7, 11) is 1.44. The lowest BCUT2D eigenvalue weighted by Crippen LogP contribution is -1.99. The fourth-order valence-corrected chi connectivity index (χ4v) is 2.33. The lowest BCUT2D eigenvalue weighted by Gasteiger charge is -2.12. The van der Waals surface area contributed by atoms with Gasteiger partial charge in [-0.2, -0.15) is 0 Å². The number of ether oxygens (including phenoxy) is 2. The predicted molar refractivity (Wildman–Crippen MR) is 85.6 cm³/mol. The van der Waals surface area contributed by atoms with E-state index in [1.165, 1.54) is 7.11 Å². The standard InChI is InChI=1S/C18H16FNO2/c1-21-16-8-7-13-9-17(15(20)10-14(13)18(16)19)22-11-12-5-3-2-4-6-12/h2-10H,11,20H2,1H3. The molecule has 4 heteroatoms. The average Bonchev–Trinajstić information content (AvgIpc) is 2.55. The van der Waals surface area contributed by atoms with Gasteiger partial charge in [0.15, 0.2) is 11.6 Å². The van der Waals surface area contributed by atoms with Crippen LogP contribution in [-0.4, -0.2) is 7.11 Å². The molecule has 0 aromatic heterocycles. The summed E-state index contributed by atoms with van der Waals surface area (Å²) >= 11 is 0. The summed E-state index contributed by atoms with van der Waals surface area (Å²) in [5.41, 5.74) is 7.42. The quantitative estimate of drug-likeness (QED) is 0.736. The number of nitrogens with two attached hydrogens (primary N) is 1. The zero-order chi connectivity index (χ0) is 15.5. The van der Waals surface area contributed by atoms with Gasteiger partial charge in [0.05, 0.1) is 12.8 Å². The van der Waals surface area contributed by atoms with Crippen LogP contribution in [0.5, 0.6) is 11.5 Å². The van der Waals surface area contributed by atoms with Crippen LogP contribution < -0.4 is 15.2 Å². The van der Waals surface area contributed by atoms with E-state index in [1.54, 1.807) is 24.3 Å². The topological polar surface area (TPSA) is 44.5 Å². The van der Waals surface area contributed by atoms with Gasteiger partial charge in [0.1, 0.15) is 12.4 Å². The largest absolute Gasteiger partial charge is 0.494 e. The summed E-state index contributed by atoms with van der Waals surface area (Å²) in [5.74, 6) is 0.326. The van der Waals surface area contributed by atoms with Crippen LogP contribution in [0.4, 0.5) is 10.1 Å². The first kappa shape index (κ1) is 14.2. The normalized spacial score (nSPS) is 10.6. The molecule has 2 N–H and O–H groups in total. The van der Waals surface area contributed by atoms with Crippen LogP contribution >= 0.6 is 0 Å². The molecule has 0 unspecified atom stereocenters. The lowest BCUT2D eigenvalue weighted by atomic mass is 10.1. The second-order valence-electron chi connectivity index (χ2n) is 4.97. The van der Waals surface area contributed by atoms with Crippen LogP contribution in [0, 0.1) is 5.82 Å². The van der Waals surface area contributed by atoms with E-state index in [0.29, 0.717) is 23.4 Å². The molecule has 0 fully saturated rings. The SMILES string of the molecule is COc1ccc2cc(OCc3ccccc3)c(N)cc2c1F. The van der Waals surface area contributed by atoms with E-state index >= 15 is 0 Å². The maximum Gasteiger partial charge on any atom is 0.172 e. The van der Waals surface area contributed by atoms with E-state index in [4.69, 9.17) is 15.2 Å². The van der Waals surface area contributed by atoms with Crippen molar-refractivity contribution in [2.45, 2.75) is 6.61 Å².